The van der Waals surface area contributed by atoms with Crippen LogP contribution in [0.25, 0.3) is 0 Å². The Labute approximate surface area is 176 Å². The zero-order valence-electron chi connectivity index (χ0n) is 18.4. The minimum absolute atomic E-state index is 0.174. The van der Waals surface area contributed by atoms with Crippen LogP contribution in [-0.4, -0.2) is 68.2 Å². The monoisotopic (exact) mass is 419 g/mol. The molecule has 0 amide bonds. The number of likely N-dealkylation sites (tertiary alicyclic amines) is 1. The highest BCUT2D eigenvalue weighted by Crippen LogP contribution is 2.44. The topological polar surface area (TPSA) is 52.7 Å². The zero-order valence-corrected chi connectivity index (χ0v) is 19.2. The standard InChI is InChI=1S/C23H37N3O2S/c1-17(2)29(27,28)26-12-9-18(10-13-26)16-24-22-21-15-19-7-5-6-8-20(19)23(22,3)11-14-25(21)4/h5-8,17-18,21-22,24H,9-16H2,1-4H3/t21-,22+,23-/m1/s1. The fraction of sp³-hybridized carbons (Fsp3) is 0.739. The van der Waals surface area contributed by atoms with Gasteiger partial charge >= 0.3 is 0 Å². The average molecular weight is 420 g/mol. The molecule has 4 rings (SSSR count). The van der Waals surface area contributed by atoms with Crippen LogP contribution in [0, 0.1) is 5.92 Å². The molecular weight excluding hydrogens is 382 g/mol. The third kappa shape index (κ3) is 3.78. The van der Waals surface area contributed by atoms with E-state index in [1.807, 2.05) is 0 Å². The molecule has 2 saturated heterocycles. The second-order valence-electron chi connectivity index (χ2n) is 9.90. The minimum Gasteiger partial charge on any atom is -0.311 e. The molecule has 2 bridgehead atoms. The smallest absolute Gasteiger partial charge is 0.216 e. The number of likely N-dealkylation sites (N-methyl/N-ethyl adjacent to an activating group) is 1. The number of sulfonamides is 1. The largest absolute Gasteiger partial charge is 0.311 e. The average Bonchev–Trinajstić information content (AvgIpc) is 2.70. The Morgan fingerprint density at radius 1 is 1.17 bits per heavy atom. The summed E-state index contributed by atoms with van der Waals surface area (Å²) in [5.74, 6) is 0.556. The summed E-state index contributed by atoms with van der Waals surface area (Å²) in [5.41, 5.74) is 3.21. The molecule has 0 unspecified atom stereocenters. The molecule has 1 aromatic carbocycles. The van der Waals surface area contributed by atoms with Gasteiger partial charge in [0.25, 0.3) is 0 Å². The van der Waals surface area contributed by atoms with Crippen molar-refractivity contribution in [2.24, 2.45) is 5.92 Å². The van der Waals surface area contributed by atoms with Gasteiger partial charge in [0.05, 0.1) is 5.25 Å². The van der Waals surface area contributed by atoms with Gasteiger partial charge in [-0.15, -0.1) is 0 Å². The van der Waals surface area contributed by atoms with Crippen LogP contribution >= 0.6 is 0 Å². The Balaban J connectivity index is 1.43. The molecule has 6 heteroatoms. The molecule has 2 fully saturated rings. The highest BCUT2D eigenvalue weighted by molar-refractivity contribution is 7.89. The Morgan fingerprint density at radius 3 is 2.55 bits per heavy atom. The van der Waals surface area contributed by atoms with Crippen molar-refractivity contribution in [1.29, 1.82) is 0 Å². The summed E-state index contributed by atoms with van der Waals surface area (Å²) in [6.07, 6.45) is 4.21. The van der Waals surface area contributed by atoms with Crippen LogP contribution in [0.4, 0.5) is 0 Å². The van der Waals surface area contributed by atoms with Gasteiger partial charge < -0.3 is 10.2 Å². The third-order valence-electron chi connectivity index (χ3n) is 7.84. The van der Waals surface area contributed by atoms with E-state index < -0.39 is 10.0 Å². The summed E-state index contributed by atoms with van der Waals surface area (Å²) < 4.78 is 26.6. The van der Waals surface area contributed by atoms with Crippen LogP contribution in [0.3, 0.4) is 0 Å². The molecule has 0 aromatic heterocycles. The number of benzene rings is 1. The molecule has 3 aliphatic rings. The number of fused-ring (bicyclic) bond motifs is 4. The van der Waals surface area contributed by atoms with Gasteiger partial charge in [0.1, 0.15) is 0 Å². The minimum atomic E-state index is -3.12. The molecule has 29 heavy (non-hydrogen) atoms. The molecule has 162 valence electrons. The molecule has 2 heterocycles. The van der Waals surface area contributed by atoms with Gasteiger partial charge in [-0.3, -0.25) is 0 Å². The van der Waals surface area contributed by atoms with E-state index in [9.17, 15) is 8.42 Å². The van der Waals surface area contributed by atoms with Crippen LogP contribution in [0.2, 0.25) is 0 Å². The van der Waals surface area contributed by atoms with Gasteiger partial charge in [0.2, 0.25) is 10.0 Å². The first-order valence-corrected chi connectivity index (χ1v) is 12.7. The van der Waals surface area contributed by atoms with Crippen molar-refractivity contribution in [1.82, 2.24) is 14.5 Å². The molecular formula is C23H37N3O2S. The van der Waals surface area contributed by atoms with Crippen molar-refractivity contribution >= 4 is 10.0 Å². The maximum Gasteiger partial charge on any atom is 0.216 e. The molecule has 0 spiro atoms. The molecule has 5 nitrogen and oxygen atoms in total. The van der Waals surface area contributed by atoms with Crippen molar-refractivity contribution in [3.63, 3.8) is 0 Å². The van der Waals surface area contributed by atoms with Crippen LogP contribution in [-0.2, 0) is 21.9 Å². The quantitative estimate of drug-likeness (QED) is 0.797. The first-order valence-electron chi connectivity index (χ1n) is 11.2. The molecule has 0 saturated carbocycles. The van der Waals surface area contributed by atoms with Crippen LogP contribution in [0.5, 0.6) is 0 Å². The van der Waals surface area contributed by atoms with E-state index in [1.54, 1.807) is 18.2 Å². The SMILES string of the molecule is CC(C)S(=O)(=O)N1CCC(CN[C@H]2[C@H]3Cc4ccccc4[C@@]2(C)CCN3C)CC1. The second-order valence-corrected chi connectivity index (χ2v) is 12.4. The van der Waals surface area contributed by atoms with Crippen LogP contribution in [0.15, 0.2) is 24.3 Å². The van der Waals surface area contributed by atoms with Gasteiger partial charge in [-0.05, 0) is 76.7 Å². The maximum atomic E-state index is 12.4. The van der Waals surface area contributed by atoms with Gasteiger partial charge in [-0.2, -0.15) is 0 Å². The van der Waals surface area contributed by atoms with Crippen molar-refractivity contribution in [2.45, 2.75) is 69.2 Å². The Hall–Kier alpha value is -0.950. The number of hydrogen-bond donors (Lipinski definition) is 1. The third-order valence-corrected chi connectivity index (χ3v) is 10.1. The molecule has 2 aliphatic heterocycles. The lowest BCUT2D eigenvalue weighted by atomic mass is 9.61. The molecule has 0 radical (unpaired) electrons. The number of piperidine rings is 2. The van der Waals surface area contributed by atoms with Gasteiger partial charge in [-0.25, -0.2) is 12.7 Å². The Bertz CT molecular complexity index is 832. The molecule has 3 atom stereocenters. The van der Waals surface area contributed by atoms with E-state index in [-0.39, 0.29) is 10.7 Å². The van der Waals surface area contributed by atoms with E-state index in [4.69, 9.17) is 0 Å². The lowest BCUT2D eigenvalue weighted by molar-refractivity contribution is 0.0621. The van der Waals surface area contributed by atoms with E-state index in [0.29, 0.717) is 31.1 Å². The van der Waals surface area contributed by atoms with Gasteiger partial charge in [-0.1, -0.05) is 31.2 Å². The lowest BCUT2D eigenvalue weighted by Crippen LogP contribution is -2.66. The first-order chi connectivity index (χ1) is 13.7. The van der Waals surface area contributed by atoms with Crippen molar-refractivity contribution in [3.8, 4) is 0 Å². The number of nitrogens with zero attached hydrogens (tertiary/aromatic N) is 2. The molecule has 1 N–H and O–H groups in total. The van der Waals surface area contributed by atoms with E-state index >= 15 is 0 Å². The second kappa shape index (κ2) is 7.95. The van der Waals surface area contributed by atoms with Crippen LogP contribution in [0.1, 0.15) is 51.2 Å². The van der Waals surface area contributed by atoms with Crippen molar-refractivity contribution in [3.05, 3.63) is 35.4 Å². The predicted octanol–water partition coefficient (Wildman–Crippen LogP) is 2.61. The first kappa shape index (κ1) is 21.3. The van der Waals surface area contributed by atoms with Crippen molar-refractivity contribution < 1.29 is 8.42 Å². The summed E-state index contributed by atoms with van der Waals surface area (Å²) in [5, 5.41) is 3.65. The van der Waals surface area contributed by atoms with Crippen LogP contribution < -0.4 is 5.32 Å². The summed E-state index contributed by atoms with van der Waals surface area (Å²) >= 11 is 0. The van der Waals surface area contributed by atoms with Gasteiger partial charge in [0, 0.05) is 30.6 Å². The molecule has 1 aliphatic carbocycles. The summed E-state index contributed by atoms with van der Waals surface area (Å²) in [7, 11) is -0.849. The number of rotatable bonds is 5. The summed E-state index contributed by atoms with van der Waals surface area (Å²) in [4.78, 5) is 2.53. The Kier molecular flexibility index (Phi) is 5.84. The summed E-state index contributed by atoms with van der Waals surface area (Å²) in [6.45, 7) is 9.48. The highest BCUT2D eigenvalue weighted by atomic mass is 32.2. The molecule has 1 aromatic rings. The fourth-order valence-electron chi connectivity index (χ4n) is 5.79. The highest BCUT2D eigenvalue weighted by Gasteiger charge is 2.49. The number of hydrogen-bond acceptors (Lipinski definition) is 4. The van der Waals surface area contributed by atoms with E-state index in [1.165, 1.54) is 17.5 Å². The number of nitrogens with one attached hydrogen (secondary N) is 1. The van der Waals surface area contributed by atoms with E-state index in [2.05, 4.69) is 48.5 Å². The zero-order chi connectivity index (χ0) is 20.8. The lowest BCUT2D eigenvalue weighted by Gasteiger charge is -2.55. The maximum absolute atomic E-state index is 12.4. The van der Waals surface area contributed by atoms with Gasteiger partial charge in [0.15, 0.2) is 0 Å². The van der Waals surface area contributed by atoms with E-state index in [0.717, 1.165) is 32.4 Å². The normalized spacial score (nSPS) is 31.8. The van der Waals surface area contributed by atoms with Crippen molar-refractivity contribution in [2.75, 3.05) is 33.2 Å². The summed E-state index contributed by atoms with van der Waals surface area (Å²) in [6, 6.07) is 9.98. The fourth-order valence-corrected chi connectivity index (χ4v) is 7.10. The predicted molar refractivity (Wildman–Crippen MR) is 119 cm³/mol. The Morgan fingerprint density at radius 2 is 1.86 bits per heavy atom.